The second kappa shape index (κ2) is 8.63. The van der Waals surface area contributed by atoms with Gasteiger partial charge in [-0.25, -0.2) is 21.6 Å². The average Bonchev–Trinajstić information content (AvgIpc) is 2.61. The first kappa shape index (κ1) is 20.4. The van der Waals surface area contributed by atoms with Gasteiger partial charge in [0.2, 0.25) is 20.0 Å². The monoisotopic (exact) mass is 398 g/mol. The zero-order valence-corrected chi connectivity index (χ0v) is 16.3. The van der Waals surface area contributed by atoms with Gasteiger partial charge in [-0.1, -0.05) is 36.4 Å². The number of hydrogen-bond acceptors (Lipinski definition) is 5. The summed E-state index contributed by atoms with van der Waals surface area (Å²) >= 11 is 0. The minimum Gasteiger partial charge on any atom is -0.496 e. The van der Waals surface area contributed by atoms with Gasteiger partial charge in [0.25, 0.3) is 0 Å². The van der Waals surface area contributed by atoms with E-state index in [0.717, 1.165) is 6.26 Å². The molecule has 0 saturated carbocycles. The number of rotatable bonds is 9. The third-order valence-corrected chi connectivity index (χ3v) is 6.44. The van der Waals surface area contributed by atoms with E-state index in [9.17, 15) is 16.8 Å². The highest BCUT2D eigenvalue weighted by atomic mass is 32.2. The molecule has 2 aromatic rings. The van der Waals surface area contributed by atoms with Crippen LogP contribution in [0, 0.1) is 0 Å². The van der Waals surface area contributed by atoms with Crippen LogP contribution in [0.15, 0.2) is 59.5 Å². The molecule has 0 aliphatic carbocycles. The highest BCUT2D eigenvalue weighted by Crippen LogP contribution is 2.20. The molecule has 0 radical (unpaired) electrons. The fourth-order valence-electron chi connectivity index (χ4n) is 2.37. The molecular weight excluding hydrogens is 376 g/mol. The number of para-hydroxylation sites is 1. The molecule has 9 heteroatoms. The van der Waals surface area contributed by atoms with Gasteiger partial charge in [-0.2, -0.15) is 4.31 Å². The van der Waals surface area contributed by atoms with Crippen molar-refractivity contribution < 1.29 is 21.6 Å². The summed E-state index contributed by atoms with van der Waals surface area (Å²) in [4.78, 5) is 0.135. The molecule has 2 aromatic carbocycles. The molecule has 0 aliphatic rings. The van der Waals surface area contributed by atoms with Crippen molar-refractivity contribution in [1.29, 1.82) is 0 Å². The first-order chi connectivity index (χ1) is 12.2. The van der Waals surface area contributed by atoms with Crippen LogP contribution < -0.4 is 9.46 Å². The van der Waals surface area contributed by atoms with Gasteiger partial charge >= 0.3 is 0 Å². The second-order valence-electron chi connectivity index (χ2n) is 5.62. The number of nitrogens with one attached hydrogen (secondary N) is 1. The lowest BCUT2D eigenvalue weighted by Gasteiger charge is -2.21. The number of sulfonamides is 2. The highest BCUT2D eigenvalue weighted by Gasteiger charge is 2.20. The van der Waals surface area contributed by atoms with Crippen molar-refractivity contribution in [2.45, 2.75) is 11.4 Å². The maximum Gasteiger partial charge on any atom is 0.240 e. The van der Waals surface area contributed by atoms with Crippen molar-refractivity contribution >= 4 is 20.0 Å². The lowest BCUT2D eigenvalue weighted by molar-refractivity contribution is 0.382. The van der Waals surface area contributed by atoms with Crippen LogP contribution in [0.5, 0.6) is 5.75 Å². The molecule has 0 atom stereocenters. The molecule has 26 heavy (non-hydrogen) atoms. The summed E-state index contributed by atoms with van der Waals surface area (Å²) in [6.07, 6.45) is 1.09. The van der Waals surface area contributed by atoms with E-state index in [2.05, 4.69) is 4.72 Å². The Hall–Kier alpha value is -1.94. The van der Waals surface area contributed by atoms with E-state index in [1.807, 2.05) is 0 Å². The Kier molecular flexibility index (Phi) is 6.76. The van der Waals surface area contributed by atoms with Crippen LogP contribution in [0.4, 0.5) is 0 Å². The van der Waals surface area contributed by atoms with E-state index in [1.165, 1.54) is 23.5 Å². The van der Waals surface area contributed by atoms with Gasteiger partial charge < -0.3 is 4.74 Å². The second-order valence-corrected chi connectivity index (χ2v) is 9.37. The van der Waals surface area contributed by atoms with E-state index in [1.54, 1.807) is 42.5 Å². The summed E-state index contributed by atoms with van der Waals surface area (Å²) in [5.41, 5.74) is 0.700. The van der Waals surface area contributed by atoms with E-state index in [4.69, 9.17) is 4.74 Å². The van der Waals surface area contributed by atoms with Crippen molar-refractivity contribution in [1.82, 2.24) is 9.03 Å². The van der Waals surface area contributed by atoms with Crippen LogP contribution in [0.3, 0.4) is 0 Å². The molecule has 0 amide bonds. The molecule has 0 aromatic heterocycles. The molecule has 0 fully saturated rings. The predicted molar refractivity (Wildman–Crippen MR) is 99.9 cm³/mol. The summed E-state index contributed by atoms with van der Waals surface area (Å²) in [7, 11) is -5.70. The molecule has 0 heterocycles. The Bertz CT molecular complexity index is 929. The zero-order chi connectivity index (χ0) is 19.2. The topological polar surface area (TPSA) is 92.8 Å². The molecule has 0 spiro atoms. The molecule has 7 nitrogen and oxygen atoms in total. The van der Waals surface area contributed by atoms with Crippen molar-refractivity contribution in [3.05, 3.63) is 60.2 Å². The maximum absolute atomic E-state index is 12.2. The van der Waals surface area contributed by atoms with Crippen LogP contribution in [0.2, 0.25) is 0 Å². The van der Waals surface area contributed by atoms with Gasteiger partial charge in [0, 0.05) is 25.2 Å². The molecule has 0 bridgehead atoms. The Morgan fingerprint density at radius 1 is 0.962 bits per heavy atom. The minimum absolute atomic E-state index is 0.00292. The maximum atomic E-state index is 12.2. The van der Waals surface area contributed by atoms with Crippen LogP contribution in [0.25, 0.3) is 0 Å². The van der Waals surface area contributed by atoms with Gasteiger partial charge in [-0.05, 0) is 18.2 Å². The summed E-state index contributed by atoms with van der Waals surface area (Å²) in [6, 6.07) is 15.0. The quantitative estimate of drug-likeness (QED) is 0.690. The molecule has 0 aliphatic heterocycles. The summed E-state index contributed by atoms with van der Waals surface area (Å²) < 4.78 is 57.5. The molecular formula is C17H22N2O5S2. The Morgan fingerprint density at radius 2 is 1.58 bits per heavy atom. The lowest BCUT2D eigenvalue weighted by atomic mass is 10.2. The smallest absolute Gasteiger partial charge is 0.240 e. The Labute approximate surface area is 154 Å². The van der Waals surface area contributed by atoms with Crippen molar-refractivity contribution in [2.24, 2.45) is 0 Å². The van der Waals surface area contributed by atoms with E-state index in [-0.39, 0.29) is 24.5 Å². The van der Waals surface area contributed by atoms with Gasteiger partial charge in [-0.3, -0.25) is 0 Å². The van der Waals surface area contributed by atoms with E-state index >= 15 is 0 Å². The zero-order valence-electron chi connectivity index (χ0n) is 14.6. The van der Waals surface area contributed by atoms with E-state index < -0.39 is 20.0 Å². The first-order valence-electron chi connectivity index (χ1n) is 7.86. The fourth-order valence-corrected chi connectivity index (χ4v) is 4.21. The van der Waals surface area contributed by atoms with Crippen LogP contribution in [0.1, 0.15) is 5.56 Å². The normalized spacial score (nSPS) is 12.3. The molecule has 1 N–H and O–H groups in total. The van der Waals surface area contributed by atoms with Crippen LogP contribution in [-0.2, 0) is 26.6 Å². The molecule has 0 unspecified atom stereocenters. The largest absolute Gasteiger partial charge is 0.496 e. The van der Waals surface area contributed by atoms with Crippen LogP contribution >= 0.6 is 0 Å². The van der Waals surface area contributed by atoms with Crippen molar-refractivity contribution in [2.75, 3.05) is 26.5 Å². The highest BCUT2D eigenvalue weighted by molar-refractivity contribution is 7.89. The third-order valence-electron chi connectivity index (χ3n) is 3.72. The average molecular weight is 399 g/mol. The minimum atomic E-state index is -3.68. The van der Waals surface area contributed by atoms with Crippen molar-refractivity contribution in [3.63, 3.8) is 0 Å². The first-order valence-corrected chi connectivity index (χ1v) is 11.2. The standard InChI is InChI=1S/C17H22N2O5S2/c1-24-17-11-7-6-8-15(17)14-19(25(2,20)21)13-12-18-26(22,23)16-9-4-3-5-10-16/h3-11,18H,12-14H2,1-2H3. The third kappa shape index (κ3) is 5.53. The number of nitrogens with zero attached hydrogens (tertiary/aromatic N) is 1. The number of ether oxygens (including phenoxy) is 1. The lowest BCUT2D eigenvalue weighted by Crippen LogP contribution is -2.37. The SMILES string of the molecule is COc1ccccc1CN(CCNS(=O)(=O)c1ccccc1)S(C)(=O)=O. The molecule has 2 rings (SSSR count). The van der Waals surface area contributed by atoms with Crippen LogP contribution in [-0.4, -0.2) is 47.6 Å². The van der Waals surface area contributed by atoms with Gasteiger partial charge in [0.1, 0.15) is 5.75 Å². The summed E-state index contributed by atoms with van der Waals surface area (Å²) in [5.74, 6) is 0.575. The number of benzene rings is 2. The Balaban J connectivity index is 2.08. The van der Waals surface area contributed by atoms with E-state index in [0.29, 0.717) is 11.3 Å². The van der Waals surface area contributed by atoms with Gasteiger partial charge in [0.05, 0.1) is 18.3 Å². The van der Waals surface area contributed by atoms with Crippen molar-refractivity contribution in [3.8, 4) is 5.75 Å². The fraction of sp³-hybridized carbons (Fsp3) is 0.294. The predicted octanol–water partition coefficient (Wildman–Crippen LogP) is 1.44. The molecule has 0 saturated heterocycles. The molecule has 142 valence electrons. The number of hydrogen-bond donors (Lipinski definition) is 1. The Morgan fingerprint density at radius 3 is 2.19 bits per heavy atom. The van der Waals surface area contributed by atoms with Gasteiger partial charge in [-0.15, -0.1) is 0 Å². The summed E-state index contributed by atoms with van der Waals surface area (Å²) in [5, 5.41) is 0. The number of methoxy groups -OCH3 is 1. The van der Waals surface area contributed by atoms with Gasteiger partial charge in [0.15, 0.2) is 0 Å². The summed E-state index contributed by atoms with van der Waals surface area (Å²) in [6.45, 7) is 0.0539.